The summed E-state index contributed by atoms with van der Waals surface area (Å²) in [6.45, 7) is 2.78. The molecule has 2 aliphatic rings. The normalized spacial score (nSPS) is 21.3. The van der Waals surface area contributed by atoms with E-state index in [1.54, 1.807) is 11.8 Å². The van der Waals surface area contributed by atoms with E-state index in [4.69, 9.17) is 4.74 Å². The first kappa shape index (κ1) is 19.8. The van der Waals surface area contributed by atoms with Crippen LogP contribution < -0.4 is 5.32 Å². The maximum atomic E-state index is 5.93. The van der Waals surface area contributed by atoms with Gasteiger partial charge < -0.3 is 14.6 Å². The van der Waals surface area contributed by atoms with Crippen molar-refractivity contribution in [2.45, 2.75) is 55.3 Å². The summed E-state index contributed by atoms with van der Waals surface area (Å²) in [5.41, 5.74) is 3.86. The lowest BCUT2D eigenvalue weighted by Crippen LogP contribution is -2.23. The molecule has 0 spiro atoms. The van der Waals surface area contributed by atoms with Crippen LogP contribution in [0, 0.1) is 0 Å². The molecular weight excluding hydrogens is 392 g/mol. The van der Waals surface area contributed by atoms with Gasteiger partial charge in [0.05, 0.1) is 18.7 Å². The smallest absolute Gasteiger partial charge is 0.191 e. The van der Waals surface area contributed by atoms with Crippen LogP contribution in [-0.4, -0.2) is 34.0 Å². The van der Waals surface area contributed by atoms with E-state index >= 15 is 0 Å². The Labute approximate surface area is 182 Å². The van der Waals surface area contributed by atoms with Gasteiger partial charge in [0.1, 0.15) is 0 Å². The molecule has 0 bridgehead atoms. The van der Waals surface area contributed by atoms with Crippen LogP contribution in [0.2, 0.25) is 0 Å². The highest BCUT2D eigenvalue weighted by atomic mass is 32.2. The van der Waals surface area contributed by atoms with Crippen LogP contribution in [-0.2, 0) is 17.0 Å². The van der Waals surface area contributed by atoms with Crippen LogP contribution in [0.4, 0.5) is 0 Å². The minimum absolute atomic E-state index is 0.275. The quantitative estimate of drug-likeness (QED) is 0.554. The standard InChI is InChI=1S/C24H28N4OS/c1-2-8-18(9-3-1)21-12-5-4-10-19(21)17-30-24-27-26-23(22-13-6-14-25-22)28(24)16-20-11-7-15-29-20/h1-5,8-10,12,20,22,25H,6-7,11,13-17H2. The van der Waals surface area contributed by atoms with Gasteiger partial charge in [0.2, 0.25) is 0 Å². The van der Waals surface area contributed by atoms with Gasteiger partial charge in [0.25, 0.3) is 0 Å². The summed E-state index contributed by atoms with van der Waals surface area (Å²) in [5, 5.41) is 13.8. The molecule has 2 unspecified atom stereocenters. The minimum atomic E-state index is 0.275. The molecule has 30 heavy (non-hydrogen) atoms. The molecule has 0 radical (unpaired) electrons. The van der Waals surface area contributed by atoms with Crippen molar-refractivity contribution in [1.82, 2.24) is 20.1 Å². The molecule has 1 N–H and O–H groups in total. The van der Waals surface area contributed by atoms with E-state index in [0.29, 0.717) is 6.04 Å². The Bertz CT molecular complexity index is 962. The summed E-state index contributed by atoms with van der Waals surface area (Å²) in [6, 6.07) is 19.6. The molecule has 5 rings (SSSR count). The van der Waals surface area contributed by atoms with Crippen molar-refractivity contribution in [3.63, 3.8) is 0 Å². The van der Waals surface area contributed by atoms with Crippen LogP contribution in [0.3, 0.4) is 0 Å². The van der Waals surface area contributed by atoms with Crippen molar-refractivity contribution in [3.05, 3.63) is 66.0 Å². The van der Waals surface area contributed by atoms with E-state index in [2.05, 4.69) is 74.7 Å². The lowest BCUT2D eigenvalue weighted by molar-refractivity contribution is 0.0937. The van der Waals surface area contributed by atoms with Crippen molar-refractivity contribution in [2.75, 3.05) is 13.2 Å². The largest absolute Gasteiger partial charge is 0.376 e. The third kappa shape index (κ3) is 4.31. The van der Waals surface area contributed by atoms with E-state index in [1.165, 1.54) is 23.1 Å². The Morgan fingerprint density at radius 1 is 1.00 bits per heavy atom. The van der Waals surface area contributed by atoms with Crippen LogP contribution in [0.25, 0.3) is 11.1 Å². The van der Waals surface area contributed by atoms with Gasteiger partial charge in [-0.1, -0.05) is 66.4 Å². The summed E-state index contributed by atoms with van der Waals surface area (Å²) >= 11 is 1.78. The minimum Gasteiger partial charge on any atom is -0.376 e. The second-order valence-electron chi connectivity index (χ2n) is 8.05. The fraction of sp³-hybridized carbons (Fsp3) is 0.417. The maximum Gasteiger partial charge on any atom is 0.191 e. The van der Waals surface area contributed by atoms with Gasteiger partial charge in [-0.2, -0.15) is 0 Å². The molecular formula is C24H28N4OS. The first-order valence-corrected chi connectivity index (χ1v) is 11.9. The number of hydrogen-bond acceptors (Lipinski definition) is 5. The van der Waals surface area contributed by atoms with Gasteiger partial charge in [-0.05, 0) is 48.9 Å². The number of nitrogens with zero attached hydrogens (tertiary/aromatic N) is 3. The molecule has 2 atom stereocenters. The summed E-state index contributed by atoms with van der Waals surface area (Å²) < 4.78 is 8.25. The number of benzene rings is 2. The highest BCUT2D eigenvalue weighted by Crippen LogP contribution is 2.32. The second kappa shape index (κ2) is 9.33. The van der Waals surface area contributed by atoms with Gasteiger partial charge in [-0.15, -0.1) is 10.2 Å². The highest BCUT2D eigenvalue weighted by Gasteiger charge is 2.27. The molecule has 2 aliphatic heterocycles. The lowest BCUT2D eigenvalue weighted by atomic mass is 10.0. The summed E-state index contributed by atoms with van der Waals surface area (Å²) in [5.74, 6) is 1.94. The van der Waals surface area contributed by atoms with Gasteiger partial charge in [-0.25, -0.2) is 0 Å². The zero-order valence-electron chi connectivity index (χ0n) is 17.2. The summed E-state index contributed by atoms with van der Waals surface area (Å²) in [7, 11) is 0. The first-order chi connectivity index (χ1) is 14.9. The van der Waals surface area contributed by atoms with Crippen LogP contribution >= 0.6 is 11.8 Å². The molecule has 6 heteroatoms. The van der Waals surface area contributed by atoms with Gasteiger partial charge in [0.15, 0.2) is 11.0 Å². The van der Waals surface area contributed by atoms with E-state index < -0.39 is 0 Å². The van der Waals surface area contributed by atoms with Gasteiger partial charge in [-0.3, -0.25) is 0 Å². The lowest BCUT2D eigenvalue weighted by Gasteiger charge is -2.17. The number of rotatable bonds is 7. The SMILES string of the molecule is c1ccc(-c2ccccc2CSc2nnc(C3CCCN3)n2CC2CCCO2)cc1. The molecule has 5 nitrogen and oxygen atoms in total. The maximum absolute atomic E-state index is 5.93. The van der Waals surface area contributed by atoms with Gasteiger partial charge >= 0.3 is 0 Å². The Balaban J connectivity index is 1.39. The second-order valence-corrected chi connectivity index (χ2v) is 8.99. The number of ether oxygens (including phenoxy) is 1. The number of hydrogen-bond donors (Lipinski definition) is 1. The van der Waals surface area contributed by atoms with E-state index in [0.717, 1.165) is 55.7 Å². The Morgan fingerprint density at radius 2 is 1.87 bits per heavy atom. The molecule has 2 aromatic carbocycles. The van der Waals surface area contributed by atoms with Gasteiger partial charge in [0, 0.05) is 12.4 Å². The molecule has 2 saturated heterocycles. The van der Waals surface area contributed by atoms with Crippen LogP contribution in [0.15, 0.2) is 59.8 Å². The predicted molar refractivity (Wildman–Crippen MR) is 120 cm³/mol. The van der Waals surface area contributed by atoms with Crippen molar-refractivity contribution >= 4 is 11.8 Å². The topological polar surface area (TPSA) is 52.0 Å². The molecule has 3 aromatic rings. The zero-order chi connectivity index (χ0) is 20.2. The van der Waals surface area contributed by atoms with E-state index in [1.807, 2.05) is 0 Å². The third-order valence-electron chi connectivity index (χ3n) is 5.99. The average Bonchev–Trinajstić information content (AvgIpc) is 3.56. The number of nitrogens with one attached hydrogen (secondary N) is 1. The monoisotopic (exact) mass is 420 g/mol. The van der Waals surface area contributed by atoms with E-state index in [-0.39, 0.29) is 6.10 Å². The highest BCUT2D eigenvalue weighted by molar-refractivity contribution is 7.98. The molecule has 0 aliphatic carbocycles. The van der Waals surface area contributed by atoms with Crippen molar-refractivity contribution in [1.29, 1.82) is 0 Å². The molecule has 3 heterocycles. The first-order valence-electron chi connectivity index (χ1n) is 10.9. The third-order valence-corrected chi connectivity index (χ3v) is 7.00. The Morgan fingerprint density at radius 3 is 2.67 bits per heavy atom. The van der Waals surface area contributed by atoms with Crippen molar-refractivity contribution in [3.8, 4) is 11.1 Å². The van der Waals surface area contributed by atoms with Crippen LogP contribution in [0.5, 0.6) is 0 Å². The summed E-state index contributed by atoms with van der Waals surface area (Å²) in [6.07, 6.45) is 4.88. The van der Waals surface area contributed by atoms with Crippen molar-refractivity contribution in [2.24, 2.45) is 0 Å². The Kier molecular flexibility index (Phi) is 6.16. The predicted octanol–water partition coefficient (Wildman–Crippen LogP) is 4.84. The molecule has 2 fully saturated rings. The number of thioether (sulfide) groups is 1. The summed E-state index contributed by atoms with van der Waals surface area (Å²) in [4.78, 5) is 0. The molecule has 0 saturated carbocycles. The average molecular weight is 421 g/mol. The van der Waals surface area contributed by atoms with Crippen LogP contribution in [0.1, 0.15) is 43.1 Å². The van der Waals surface area contributed by atoms with Crippen molar-refractivity contribution < 1.29 is 4.74 Å². The molecule has 0 amide bonds. The fourth-order valence-electron chi connectivity index (χ4n) is 4.42. The fourth-order valence-corrected chi connectivity index (χ4v) is 5.38. The Hall–Kier alpha value is -2.15. The zero-order valence-corrected chi connectivity index (χ0v) is 18.0. The molecule has 1 aromatic heterocycles. The number of aromatic nitrogens is 3. The van der Waals surface area contributed by atoms with E-state index in [9.17, 15) is 0 Å². The molecule has 156 valence electrons.